The highest BCUT2D eigenvalue weighted by atomic mass is 19.4. The Labute approximate surface area is 232 Å². The van der Waals surface area contributed by atoms with Gasteiger partial charge in [-0.25, -0.2) is 4.98 Å². The van der Waals surface area contributed by atoms with Gasteiger partial charge in [-0.05, 0) is 60.2 Å². The highest BCUT2D eigenvalue weighted by Crippen LogP contribution is 2.40. The van der Waals surface area contributed by atoms with Crippen LogP contribution >= 0.6 is 0 Å². The third kappa shape index (κ3) is 5.45. The Kier molecular flexibility index (Phi) is 6.61. The Morgan fingerprint density at radius 2 is 1.88 bits per heavy atom. The number of nitrogens with two attached hydrogens (primary N) is 1. The molecule has 1 spiro atoms. The number of likely N-dealkylation sites (tertiary alicyclic amines) is 1. The molecule has 210 valence electrons. The van der Waals surface area contributed by atoms with Crippen molar-refractivity contribution in [3.8, 4) is 11.3 Å². The largest absolute Gasteiger partial charge is 0.460 e. The number of rotatable bonds is 7. The van der Waals surface area contributed by atoms with Crippen LogP contribution in [0.4, 0.5) is 19.0 Å². The van der Waals surface area contributed by atoms with Crippen LogP contribution in [0.3, 0.4) is 0 Å². The van der Waals surface area contributed by atoms with E-state index in [1.54, 1.807) is 35.2 Å². The lowest BCUT2D eigenvalue weighted by molar-refractivity contribution is -0.209. The monoisotopic (exact) mass is 562 g/mol. The van der Waals surface area contributed by atoms with Crippen LogP contribution < -0.4 is 5.73 Å². The molecule has 6 rings (SSSR count). The van der Waals surface area contributed by atoms with Gasteiger partial charge in [0.25, 0.3) is 5.91 Å². The summed E-state index contributed by atoms with van der Waals surface area (Å²) in [6.45, 7) is 1.77. The summed E-state index contributed by atoms with van der Waals surface area (Å²) in [7, 11) is 0. The molecule has 0 aliphatic carbocycles. The third-order valence-electron chi connectivity index (χ3n) is 7.38. The standard InChI is InChI=1S/C30H25F3N4O4/c31-30(32,33)24-13-20(25-7-3-19(15-35-25)28(39)37-16-29(17-37)9-10-40-29)11-21-12-23(41-27(21)24)6-5-22(38)4-1-18-2-8-26(34)36-14-18/h1-4,7-8,11-15H,5-6,9-10,16-17H2,(H2,34,36)/b4-1+. The van der Waals surface area contributed by atoms with E-state index in [1.165, 1.54) is 30.6 Å². The van der Waals surface area contributed by atoms with E-state index in [9.17, 15) is 22.8 Å². The molecule has 0 radical (unpaired) electrons. The first-order valence-corrected chi connectivity index (χ1v) is 13.0. The molecular weight excluding hydrogens is 537 g/mol. The predicted octanol–water partition coefficient (Wildman–Crippen LogP) is 5.32. The molecule has 8 nitrogen and oxygen atoms in total. The summed E-state index contributed by atoms with van der Waals surface area (Å²) in [5.74, 6) is 0.217. The molecule has 0 bridgehead atoms. The van der Waals surface area contributed by atoms with E-state index in [2.05, 4.69) is 9.97 Å². The van der Waals surface area contributed by atoms with E-state index in [-0.39, 0.29) is 58.1 Å². The molecule has 2 N–H and O–H groups in total. The minimum Gasteiger partial charge on any atom is -0.460 e. The van der Waals surface area contributed by atoms with E-state index < -0.39 is 11.7 Å². The van der Waals surface area contributed by atoms with Gasteiger partial charge in [0.15, 0.2) is 5.78 Å². The number of hydrogen-bond donors (Lipinski definition) is 1. The van der Waals surface area contributed by atoms with Crippen molar-refractivity contribution in [3.05, 3.63) is 83.4 Å². The van der Waals surface area contributed by atoms with Gasteiger partial charge in [-0.1, -0.05) is 0 Å². The second kappa shape index (κ2) is 10.2. The minimum absolute atomic E-state index is 0.0498. The number of halogens is 3. The molecular formula is C30H25F3N4O4. The summed E-state index contributed by atoms with van der Waals surface area (Å²) >= 11 is 0. The number of benzene rings is 1. The smallest absolute Gasteiger partial charge is 0.420 e. The van der Waals surface area contributed by atoms with Crippen LogP contribution in [0.25, 0.3) is 28.3 Å². The fraction of sp³-hybridized carbons (Fsp3) is 0.267. The lowest BCUT2D eigenvalue weighted by atomic mass is 9.86. The van der Waals surface area contributed by atoms with Gasteiger partial charge in [0.05, 0.1) is 36.5 Å². The number of aromatic nitrogens is 2. The first-order valence-electron chi connectivity index (χ1n) is 13.0. The van der Waals surface area contributed by atoms with E-state index in [4.69, 9.17) is 14.9 Å². The topological polar surface area (TPSA) is 112 Å². The maximum absolute atomic E-state index is 14.0. The number of nitrogen functional groups attached to an aromatic ring is 1. The van der Waals surface area contributed by atoms with Gasteiger partial charge >= 0.3 is 6.18 Å². The molecule has 11 heteroatoms. The maximum Gasteiger partial charge on any atom is 0.420 e. The number of alkyl halides is 3. The van der Waals surface area contributed by atoms with Crippen molar-refractivity contribution in [2.45, 2.75) is 31.0 Å². The van der Waals surface area contributed by atoms with E-state index in [0.717, 1.165) is 12.5 Å². The highest BCUT2D eigenvalue weighted by molar-refractivity contribution is 5.95. The van der Waals surface area contributed by atoms with Gasteiger partial charge in [-0.3, -0.25) is 14.6 Å². The summed E-state index contributed by atoms with van der Waals surface area (Å²) in [5.41, 5.74) is 5.69. The lowest BCUT2D eigenvalue weighted by Crippen LogP contribution is -2.69. The fourth-order valence-electron chi connectivity index (χ4n) is 5.03. The number of amides is 1. The zero-order valence-corrected chi connectivity index (χ0v) is 21.8. The summed E-state index contributed by atoms with van der Waals surface area (Å²) in [4.78, 5) is 35.0. The zero-order chi connectivity index (χ0) is 28.8. The number of carbonyl (C=O) groups is 2. The average molecular weight is 563 g/mol. The maximum atomic E-state index is 14.0. The van der Waals surface area contributed by atoms with Crippen molar-refractivity contribution in [3.63, 3.8) is 0 Å². The van der Waals surface area contributed by atoms with Crippen LogP contribution in [0.2, 0.25) is 0 Å². The van der Waals surface area contributed by atoms with Crippen LogP contribution in [0.1, 0.15) is 40.1 Å². The highest BCUT2D eigenvalue weighted by Gasteiger charge is 2.50. The third-order valence-corrected chi connectivity index (χ3v) is 7.38. The first-order chi connectivity index (χ1) is 19.6. The number of nitrogens with zero attached hydrogens (tertiary/aromatic N) is 3. The number of ketones is 1. The molecule has 1 aromatic carbocycles. The number of pyridine rings is 2. The molecule has 2 saturated heterocycles. The number of allylic oxidation sites excluding steroid dienone is 1. The first kappa shape index (κ1) is 26.7. The summed E-state index contributed by atoms with van der Waals surface area (Å²) < 4.78 is 53.1. The van der Waals surface area contributed by atoms with Crippen molar-refractivity contribution < 1.29 is 31.9 Å². The Balaban J connectivity index is 1.18. The van der Waals surface area contributed by atoms with Crippen molar-refractivity contribution >= 4 is 34.6 Å². The number of ether oxygens (including phenoxy) is 1. The van der Waals surface area contributed by atoms with Crippen LogP contribution in [0, 0.1) is 0 Å². The van der Waals surface area contributed by atoms with E-state index in [0.29, 0.717) is 36.6 Å². The molecule has 2 aliphatic rings. The van der Waals surface area contributed by atoms with Crippen molar-refractivity contribution in [2.24, 2.45) is 0 Å². The Hall–Kier alpha value is -4.51. The lowest BCUT2D eigenvalue weighted by Gasteiger charge is -2.55. The van der Waals surface area contributed by atoms with E-state index >= 15 is 0 Å². The number of fused-ring (bicyclic) bond motifs is 1. The van der Waals surface area contributed by atoms with Crippen molar-refractivity contribution in [2.75, 3.05) is 25.4 Å². The Morgan fingerprint density at radius 1 is 1.07 bits per heavy atom. The summed E-state index contributed by atoms with van der Waals surface area (Å²) in [6.07, 6.45) is 2.32. The SMILES string of the molecule is Nc1ccc(/C=C/C(=O)CCc2cc3cc(-c4ccc(C(=O)N5CC6(CCO6)C5)cn4)cc(C(F)(F)F)c3o2)cn1. The van der Waals surface area contributed by atoms with E-state index in [1.807, 2.05) is 0 Å². The van der Waals surface area contributed by atoms with Crippen LogP contribution in [0.5, 0.6) is 0 Å². The van der Waals surface area contributed by atoms with Gasteiger partial charge in [-0.2, -0.15) is 13.2 Å². The number of carbonyl (C=O) groups excluding carboxylic acids is 2. The van der Waals surface area contributed by atoms with Crippen molar-refractivity contribution in [1.82, 2.24) is 14.9 Å². The fourth-order valence-corrected chi connectivity index (χ4v) is 5.03. The second-order valence-corrected chi connectivity index (χ2v) is 10.3. The summed E-state index contributed by atoms with van der Waals surface area (Å²) in [6, 6.07) is 10.5. The molecule has 2 aliphatic heterocycles. The zero-order valence-electron chi connectivity index (χ0n) is 21.8. The minimum atomic E-state index is -4.68. The number of furan rings is 1. The Bertz CT molecular complexity index is 1650. The van der Waals surface area contributed by atoms with Crippen molar-refractivity contribution in [1.29, 1.82) is 0 Å². The van der Waals surface area contributed by atoms with Gasteiger partial charge in [0.2, 0.25) is 0 Å². The van der Waals surface area contributed by atoms with Gasteiger partial charge < -0.3 is 19.8 Å². The molecule has 2 fully saturated rings. The normalized spacial score (nSPS) is 16.2. The molecule has 0 saturated carbocycles. The molecule has 0 unspecified atom stereocenters. The average Bonchev–Trinajstić information content (AvgIpc) is 3.32. The van der Waals surface area contributed by atoms with Crippen LogP contribution in [-0.4, -0.2) is 51.9 Å². The second-order valence-electron chi connectivity index (χ2n) is 10.3. The number of hydrogen-bond acceptors (Lipinski definition) is 7. The van der Waals surface area contributed by atoms with Gasteiger partial charge in [0, 0.05) is 42.6 Å². The van der Waals surface area contributed by atoms with Gasteiger partial charge in [-0.15, -0.1) is 0 Å². The predicted molar refractivity (Wildman–Crippen MR) is 145 cm³/mol. The molecule has 4 aromatic rings. The molecule has 3 aromatic heterocycles. The van der Waals surface area contributed by atoms with Crippen LogP contribution in [0.15, 0.2) is 65.4 Å². The number of anilines is 1. The molecule has 0 atom stereocenters. The Morgan fingerprint density at radius 3 is 2.51 bits per heavy atom. The van der Waals surface area contributed by atoms with Gasteiger partial charge in [0.1, 0.15) is 22.8 Å². The molecule has 5 heterocycles. The van der Waals surface area contributed by atoms with Crippen LogP contribution in [-0.2, 0) is 22.1 Å². The number of aryl methyl sites for hydroxylation is 1. The molecule has 1 amide bonds. The quantitative estimate of drug-likeness (QED) is 0.304. The summed E-state index contributed by atoms with van der Waals surface area (Å²) in [5, 5.41) is 0.245. The molecule has 41 heavy (non-hydrogen) atoms.